The summed E-state index contributed by atoms with van der Waals surface area (Å²) in [7, 11) is -3.02. The van der Waals surface area contributed by atoms with Gasteiger partial charge in [-0.2, -0.15) is 0 Å². The van der Waals surface area contributed by atoms with Gasteiger partial charge >= 0.3 is 0 Å². The molecule has 4 aromatic rings. The summed E-state index contributed by atoms with van der Waals surface area (Å²) >= 11 is 0. The van der Waals surface area contributed by atoms with Crippen molar-refractivity contribution < 1.29 is 17.9 Å². The van der Waals surface area contributed by atoms with E-state index in [4.69, 9.17) is 9.72 Å². The summed E-state index contributed by atoms with van der Waals surface area (Å²) in [5.41, 5.74) is 0.921. The normalized spacial score (nSPS) is 18.7. The van der Waals surface area contributed by atoms with Crippen LogP contribution in [0.2, 0.25) is 0 Å². The van der Waals surface area contributed by atoms with Crippen LogP contribution in [0.15, 0.2) is 49.1 Å². The summed E-state index contributed by atoms with van der Waals surface area (Å²) in [5, 5.41) is 8.99. The van der Waals surface area contributed by atoms with Gasteiger partial charge in [0.05, 0.1) is 24.4 Å². The molecule has 6 rings (SSSR count). The zero-order valence-electron chi connectivity index (χ0n) is 23.5. The van der Waals surface area contributed by atoms with E-state index >= 15 is 0 Å². The van der Waals surface area contributed by atoms with Crippen LogP contribution in [0.1, 0.15) is 43.8 Å². The lowest BCUT2D eigenvalue weighted by molar-refractivity contribution is -0.138. The van der Waals surface area contributed by atoms with Crippen LogP contribution in [0.4, 0.5) is 0 Å². The number of fused-ring (bicyclic) bond motifs is 2. The Balaban J connectivity index is 1.07. The van der Waals surface area contributed by atoms with Crippen LogP contribution in [0.5, 0.6) is 5.75 Å². The van der Waals surface area contributed by atoms with Crippen LogP contribution in [0.3, 0.4) is 0 Å². The predicted molar refractivity (Wildman–Crippen MR) is 156 cm³/mol. The Bertz CT molecular complexity index is 1760. The van der Waals surface area contributed by atoms with Crippen LogP contribution in [-0.2, 0) is 27.7 Å². The molecule has 0 atom stereocenters. The molecule has 42 heavy (non-hydrogen) atoms. The van der Waals surface area contributed by atoms with Gasteiger partial charge in [-0.15, -0.1) is 10.2 Å². The molecule has 1 amide bonds. The fraction of sp³-hybridized carbons (Fsp3) is 0.433. The molecule has 0 unspecified atom stereocenters. The van der Waals surface area contributed by atoms with Crippen molar-refractivity contribution in [1.29, 1.82) is 0 Å². The van der Waals surface area contributed by atoms with E-state index in [1.165, 1.54) is 6.26 Å². The summed E-state index contributed by atoms with van der Waals surface area (Å²) < 4.78 is 32.7. The Morgan fingerprint density at radius 3 is 2.81 bits per heavy atom. The van der Waals surface area contributed by atoms with Crippen molar-refractivity contribution >= 4 is 26.6 Å². The van der Waals surface area contributed by atoms with Gasteiger partial charge in [-0.1, -0.05) is 12.0 Å². The molecular formula is C30H33N7O4S. The number of sulfone groups is 1. The molecule has 11 nitrogen and oxygen atoms in total. The minimum Gasteiger partial charge on any atom is -0.493 e. The van der Waals surface area contributed by atoms with Crippen molar-refractivity contribution in [3.8, 4) is 23.4 Å². The third-order valence-corrected chi connectivity index (χ3v) is 8.94. The zero-order chi connectivity index (χ0) is 29.1. The smallest absolute Gasteiger partial charge is 0.226 e. The molecule has 0 spiro atoms. The Morgan fingerprint density at radius 2 is 1.98 bits per heavy atom. The molecule has 1 aliphatic heterocycles. The molecule has 0 radical (unpaired) electrons. The Kier molecular flexibility index (Phi) is 7.93. The fourth-order valence-corrected chi connectivity index (χ4v) is 6.32. The first-order valence-corrected chi connectivity index (χ1v) is 16.3. The number of rotatable bonds is 7. The Hall–Kier alpha value is -4.24. The van der Waals surface area contributed by atoms with Gasteiger partial charge in [0.2, 0.25) is 11.7 Å². The highest BCUT2D eigenvalue weighted by Crippen LogP contribution is 2.31. The molecule has 12 heteroatoms. The number of amides is 1. The van der Waals surface area contributed by atoms with Crippen molar-refractivity contribution in [3.63, 3.8) is 0 Å². The third-order valence-electron chi connectivity index (χ3n) is 7.91. The number of hydrogen-bond acceptors (Lipinski definition) is 8. The lowest BCUT2D eigenvalue weighted by atomic mass is 9.81. The SMILES string of the molecule is CS(=O)(=O)CCCOc1cccc2c1ccn2-c1ccnc(C#CC2CCC(C(=O)N3CCn4cnnc4C3)CC2)n1. The average molecular weight is 588 g/mol. The highest BCUT2D eigenvalue weighted by Gasteiger charge is 2.31. The number of nitrogens with zero attached hydrogens (tertiary/aromatic N) is 7. The standard InChI is InChI=1S/C30H33N7O4S/c1-42(39,40)19-3-18-41-26-5-2-4-25-24(26)13-15-37(25)28-12-14-31-27(33-28)11-8-22-6-9-23(10-7-22)30(38)35-16-17-36-21-32-34-29(36)20-35/h2,4-5,12-15,21-23H,3,6-7,9-10,16-20H2,1H3. The molecule has 218 valence electrons. The van der Waals surface area contributed by atoms with Gasteiger partial charge in [0.1, 0.15) is 27.7 Å². The van der Waals surface area contributed by atoms with E-state index in [0.717, 1.165) is 49.0 Å². The molecule has 1 saturated carbocycles. The quantitative estimate of drug-likeness (QED) is 0.239. The summed E-state index contributed by atoms with van der Waals surface area (Å²) in [4.78, 5) is 24.1. The first-order valence-electron chi connectivity index (χ1n) is 14.2. The zero-order valence-corrected chi connectivity index (χ0v) is 24.3. The lowest BCUT2D eigenvalue weighted by Gasteiger charge is -2.33. The van der Waals surface area contributed by atoms with E-state index in [-0.39, 0.29) is 23.5 Å². The molecule has 1 aliphatic carbocycles. The number of benzene rings is 1. The van der Waals surface area contributed by atoms with Crippen LogP contribution in [0, 0.1) is 23.7 Å². The topological polar surface area (TPSA) is 125 Å². The molecular weight excluding hydrogens is 554 g/mol. The van der Waals surface area contributed by atoms with Gasteiger partial charge in [0.15, 0.2) is 5.82 Å². The van der Waals surface area contributed by atoms with E-state index < -0.39 is 9.84 Å². The second-order valence-corrected chi connectivity index (χ2v) is 13.2. The Morgan fingerprint density at radius 1 is 1.12 bits per heavy atom. The van der Waals surface area contributed by atoms with E-state index in [1.54, 1.807) is 12.5 Å². The summed E-state index contributed by atoms with van der Waals surface area (Å²) in [6.45, 7) is 2.30. The maximum atomic E-state index is 13.1. The molecule has 3 aromatic heterocycles. The summed E-state index contributed by atoms with van der Waals surface area (Å²) in [5.74, 6) is 9.78. The fourth-order valence-electron chi connectivity index (χ4n) is 5.68. The molecule has 1 fully saturated rings. The van der Waals surface area contributed by atoms with Crippen molar-refractivity contribution in [3.05, 3.63) is 60.7 Å². The number of carbonyl (C=O) groups is 1. The van der Waals surface area contributed by atoms with Crippen LogP contribution < -0.4 is 4.74 Å². The monoisotopic (exact) mass is 587 g/mol. The van der Waals surface area contributed by atoms with E-state index in [1.807, 2.05) is 50.6 Å². The van der Waals surface area contributed by atoms with Crippen LogP contribution in [-0.4, -0.2) is 73.7 Å². The molecule has 0 N–H and O–H groups in total. The van der Waals surface area contributed by atoms with Crippen molar-refractivity contribution in [2.75, 3.05) is 25.2 Å². The molecule has 1 aromatic carbocycles. The van der Waals surface area contributed by atoms with E-state index in [9.17, 15) is 13.2 Å². The van der Waals surface area contributed by atoms with Gasteiger partial charge in [-0.05, 0) is 62.3 Å². The average Bonchev–Trinajstić information content (AvgIpc) is 3.65. The molecule has 4 heterocycles. The molecule has 2 aliphatic rings. The Labute approximate surface area is 244 Å². The van der Waals surface area contributed by atoms with Gasteiger partial charge in [-0.25, -0.2) is 18.4 Å². The maximum Gasteiger partial charge on any atom is 0.226 e. The maximum absolute atomic E-state index is 13.1. The highest BCUT2D eigenvalue weighted by molar-refractivity contribution is 7.90. The number of ether oxygens (including phenoxy) is 1. The minimum atomic E-state index is -3.02. The second-order valence-electron chi connectivity index (χ2n) is 11.0. The second kappa shape index (κ2) is 11.9. The first kappa shape index (κ1) is 27.9. The van der Waals surface area contributed by atoms with Gasteiger partial charge in [0, 0.05) is 49.0 Å². The molecule has 0 saturated heterocycles. The van der Waals surface area contributed by atoms with Crippen molar-refractivity contribution in [2.45, 2.75) is 45.2 Å². The number of aromatic nitrogens is 6. The van der Waals surface area contributed by atoms with E-state index in [2.05, 4.69) is 27.0 Å². The predicted octanol–water partition coefficient (Wildman–Crippen LogP) is 3.03. The van der Waals surface area contributed by atoms with Crippen molar-refractivity contribution in [1.82, 2.24) is 34.2 Å². The van der Waals surface area contributed by atoms with Crippen LogP contribution in [0.25, 0.3) is 16.7 Å². The van der Waals surface area contributed by atoms with E-state index in [0.29, 0.717) is 43.5 Å². The number of carbonyl (C=O) groups excluding carboxylic acids is 1. The third kappa shape index (κ3) is 6.31. The van der Waals surface area contributed by atoms with Gasteiger partial charge in [-0.3, -0.25) is 4.79 Å². The minimum absolute atomic E-state index is 0.0349. The van der Waals surface area contributed by atoms with Gasteiger partial charge < -0.3 is 18.8 Å². The van der Waals surface area contributed by atoms with Crippen LogP contribution >= 0.6 is 0 Å². The first-order chi connectivity index (χ1) is 20.3. The lowest BCUT2D eigenvalue weighted by Crippen LogP contribution is -2.42. The number of hydrogen-bond donors (Lipinski definition) is 0. The largest absolute Gasteiger partial charge is 0.493 e. The highest BCUT2D eigenvalue weighted by atomic mass is 32.2. The van der Waals surface area contributed by atoms with Gasteiger partial charge in [0.25, 0.3) is 0 Å². The molecule has 0 bridgehead atoms. The summed E-state index contributed by atoms with van der Waals surface area (Å²) in [6.07, 6.45) is 10.4. The van der Waals surface area contributed by atoms with Crippen molar-refractivity contribution in [2.24, 2.45) is 11.8 Å². The summed E-state index contributed by atoms with van der Waals surface area (Å²) in [6, 6.07) is 9.57.